The molecule has 0 saturated carbocycles. The van der Waals surface area contributed by atoms with Crippen molar-refractivity contribution in [1.82, 2.24) is 19.9 Å². The summed E-state index contributed by atoms with van der Waals surface area (Å²) in [5.74, 6) is -2.51. The summed E-state index contributed by atoms with van der Waals surface area (Å²) in [4.78, 5) is 60.5. The number of nitrogen functional groups attached to an aromatic ring is 1. The van der Waals surface area contributed by atoms with Crippen LogP contribution >= 0.6 is 0 Å². The number of anilines is 1. The Morgan fingerprint density at radius 2 is 1.81 bits per heavy atom. The van der Waals surface area contributed by atoms with Crippen molar-refractivity contribution in [3.8, 4) is 11.4 Å². The van der Waals surface area contributed by atoms with Gasteiger partial charge in [0.15, 0.2) is 5.58 Å². The largest absolute Gasteiger partial charge is 0.462 e. The number of oxazole rings is 1. The highest BCUT2D eigenvalue weighted by Gasteiger charge is 2.28. The van der Waals surface area contributed by atoms with E-state index in [2.05, 4.69) is 15.3 Å². The van der Waals surface area contributed by atoms with Gasteiger partial charge in [0.2, 0.25) is 11.7 Å². The summed E-state index contributed by atoms with van der Waals surface area (Å²) in [6.07, 6.45) is 1.25. The Labute approximate surface area is 244 Å². The standard InChI is InChI=1S/C31H26FN5O6/c1-2-42-31(41)20-10-13-25-23(15-20)36-29(43-25)27(39)24(14-18-6-4-3-5-7-18)35-26(38)17-37-28(34-16-22(33)30(37)40)19-8-11-21(32)12-9-19/h3-13,15-16,24H,2,14,17,33H2,1H3,(H,35,38). The van der Waals surface area contributed by atoms with Crippen molar-refractivity contribution in [2.24, 2.45) is 0 Å². The SMILES string of the molecule is CCOC(=O)c1ccc2oc(C(=O)C(Cc3ccccc3)NC(=O)Cn3c(-c4ccc(F)cc4)ncc(N)c3=O)nc2c1. The quantitative estimate of drug-likeness (QED) is 0.185. The van der Waals surface area contributed by atoms with E-state index in [0.717, 1.165) is 16.3 Å². The van der Waals surface area contributed by atoms with Gasteiger partial charge in [0, 0.05) is 12.0 Å². The van der Waals surface area contributed by atoms with E-state index >= 15 is 0 Å². The Morgan fingerprint density at radius 1 is 1.07 bits per heavy atom. The molecule has 0 saturated heterocycles. The van der Waals surface area contributed by atoms with Crippen LogP contribution in [0.4, 0.5) is 10.1 Å². The van der Waals surface area contributed by atoms with E-state index in [9.17, 15) is 23.6 Å². The lowest BCUT2D eigenvalue weighted by molar-refractivity contribution is -0.122. The summed E-state index contributed by atoms with van der Waals surface area (Å²) in [5.41, 5.74) is 6.83. The number of rotatable bonds is 10. The number of nitrogens with zero attached hydrogens (tertiary/aromatic N) is 3. The third-order valence-electron chi connectivity index (χ3n) is 6.52. The Balaban J connectivity index is 1.44. The van der Waals surface area contributed by atoms with Crippen LogP contribution in [0.1, 0.15) is 33.5 Å². The van der Waals surface area contributed by atoms with Gasteiger partial charge in [0.05, 0.1) is 18.4 Å². The van der Waals surface area contributed by atoms with Crippen LogP contribution in [-0.4, -0.2) is 44.8 Å². The minimum atomic E-state index is -1.13. The molecule has 0 aliphatic rings. The van der Waals surface area contributed by atoms with Crippen molar-refractivity contribution in [3.05, 3.63) is 112 Å². The molecule has 3 N–H and O–H groups in total. The van der Waals surface area contributed by atoms with Crippen molar-refractivity contribution in [3.63, 3.8) is 0 Å². The van der Waals surface area contributed by atoms with E-state index < -0.39 is 41.6 Å². The van der Waals surface area contributed by atoms with Crippen LogP contribution in [0.2, 0.25) is 0 Å². The number of nitrogens with two attached hydrogens (primary N) is 1. The number of fused-ring (bicyclic) bond motifs is 1. The molecule has 2 heterocycles. The van der Waals surface area contributed by atoms with Crippen molar-refractivity contribution in [2.45, 2.75) is 25.9 Å². The first-order valence-corrected chi connectivity index (χ1v) is 13.3. The molecule has 0 aliphatic carbocycles. The number of benzene rings is 3. The predicted molar refractivity (Wildman–Crippen MR) is 155 cm³/mol. The van der Waals surface area contributed by atoms with Crippen molar-refractivity contribution in [2.75, 3.05) is 12.3 Å². The summed E-state index contributed by atoms with van der Waals surface area (Å²) < 4.78 is 25.3. The van der Waals surface area contributed by atoms with Crippen LogP contribution in [-0.2, 0) is 22.5 Å². The van der Waals surface area contributed by atoms with E-state index in [0.29, 0.717) is 5.56 Å². The second kappa shape index (κ2) is 12.5. The van der Waals surface area contributed by atoms with Gasteiger partial charge in [-0.05, 0) is 55.0 Å². The van der Waals surface area contributed by atoms with Gasteiger partial charge in [-0.3, -0.25) is 19.0 Å². The molecule has 2 aromatic heterocycles. The van der Waals surface area contributed by atoms with Crippen LogP contribution in [0.5, 0.6) is 0 Å². The van der Waals surface area contributed by atoms with Crippen LogP contribution in [0, 0.1) is 5.82 Å². The number of carbonyl (C=O) groups is 3. The molecule has 218 valence electrons. The number of ketones is 1. The zero-order valence-electron chi connectivity index (χ0n) is 23.0. The van der Waals surface area contributed by atoms with Gasteiger partial charge in [0.1, 0.15) is 35.4 Å². The van der Waals surface area contributed by atoms with Gasteiger partial charge in [-0.2, -0.15) is 0 Å². The highest BCUT2D eigenvalue weighted by molar-refractivity contribution is 6.01. The lowest BCUT2D eigenvalue weighted by Gasteiger charge is -2.18. The van der Waals surface area contributed by atoms with Gasteiger partial charge in [-0.1, -0.05) is 30.3 Å². The molecule has 5 aromatic rings. The molecule has 0 fully saturated rings. The number of Topliss-reactive ketones (excluding diaryl/α,β-unsaturated/α-hetero) is 1. The molecular formula is C31H26FN5O6. The maximum Gasteiger partial charge on any atom is 0.338 e. The molecule has 5 rings (SSSR count). The van der Waals surface area contributed by atoms with E-state index in [1.165, 1.54) is 42.5 Å². The maximum absolute atomic E-state index is 13.7. The molecule has 3 aromatic carbocycles. The highest BCUT2D eigenvalue weighted by Crippen LogP contribution is 2.21. The van der Waals surface area contributed by atoms with Crippen molar-refractivity contribution < 1.29 is 27.9 Å². The molecule has 1 amide bonds. The zero-order valence-corrected chi connectivity index (χ0v) is 23.0. The maximum atomic E-state index is 13.7. The molecule has 12 heteroatoms. The lowest BCUT2D eigenvalue weighted by Crippen LogP contribution is -2.45. The minimum absolute atomic E-state index is 0.0904. The second-order valence-corrected chi connectivity index (χ2v) is 9.53. The van der Waals surface area contributed by atoms with Gasteiger partial charge >= 0.3 is 5.97 Å². The van der Waals surface area contributed by atoms with Gasteiger partial charge in [0.25, 0.3) is 11.4 Å². The average molecular weight is 584 g/mol. The fourth-order valence-corrected chi connectivity index (χ4v) is 4.45. The first-order valence-electron chi connectivity index (χ1n) is 13.3. The molecule has 0 spiro atoms. The molecule has 1 atom stereocenters. The third-order valence-corrected chi connectivity index (χ3v) is 6.52. The van der Waals surface area contributed by atoms with Crippen molar-refractivity contribution >= 4 is 34.4 Å². The van der Waals surface area contributed by atoms with E-state index in [-0.39, 0.29) is 47.1 Å². The molecule has 0 bridgehead atoms. The van der Waals surface area contributed by atoms with Crippen LogP contribution in [0.15, 0.2) is 88.2 Å². The van der Waals surface area contributed by atoms with E-state index in [1.807, 2.05) is 6.07 Å². The normalized spacial score (nSPS) is 11.7. The molecule has 43 heavy (non-hydrogen) atoms. The molecular weight excluding hydrogens is 557 g/mol. The summed E-state index contributed by atoms with van der Waals surface area (Å²) in [6.45, 7) is 1.36. The number of aromatic nitrogens is 3. The van der Waals surface area contributed by atoms with Gasteiger partial charge in [-0.25, -0.2) is 19.2 Å². The molecule has 0 radical (unpaired) electrons. The number of hydrogen-bond acceptors (Lipinski definition) is 9. The first-order chi connectivity index (χ1) is 20.7. The number of esters is 1. The predicted octanol–water partition coefficient (Wildman–Crippen LogP) is 3.56. The fourth-order valence-electron chi connectivity index (χ4n) is 4.45. The second-order valence-electron chi connectivity index (χ2n) is 9.53. The van der Waals surface area contributed by atoms with Gasteiger partial charge in [-0.15, -0.1) is 0 Å². The van der Waals surface area contributed by atoms with E-state index in [4.69, 9.17) is 14.9 Å². The number of nitrogens with one attached hydrogen (secondary N) is 1. The summed E-state index contributed by atoms with van der Waals surface area (Å²) >= 11 is 0. The average Bonchev–Trinajstić information content (AvgIpc) is 3.44. The lowest BCUT2D eigenvalue weighted by atomic mass is 10.0. The number of carbonyl (C=O) groups excluding carboxylic acids is 3. The minimum Gasteiger partial charge on any atom is -0.462 e. The van der Waals surface area contributed by atoms with Crippen LogP contribution < -0.4 is 16.6 Å². The number of amides is 1. The number of ether oxygens (including phenoxy) is 1. The molecule has 1 unspecified atom stereocenters. The smallest absolute Gasteiger partial charge is 0.338 e. The van der Waals surface area contributed by atoms with E-state index in [1.54, 1.807) is 31.2 Å². The van der Waals surface area contributed by atoms with Gasteiger partial charge < -0.3 is 20.2 Å². The van der Waals surface area contributed by atoms with Crippen LogP contribution in [0.25, 0.3) is 22.5 Å². The summed E-state index contributed by atoms with van der Waals surface area (Å²) in [5, 5.41) is 2.69. The fraction of sp³-hybridized carbons (Fsp3) is 0.161. The molecule has 11 nitrogen and oxygen atoms in total. The summed E-state index contributed by atoms with van der Waals surface area (Å²) in [7, 11) is 0. The van der Waals surface area contributed by atoms with Crippen LogP contribution in [0.3, 0.4) is 0 Å². The zero-order chi connectivity index (χ0) is 30.5. The monoisotopic (exact) mass is 583 g/mol. The number of halogens is 1. The highest BCUT2D eigenvalue weighted by atomic mass is 19.1. The number of hydrogen-bond donors (Lipinski definition) is 2. The Hall–Kier alpha value is -5.65. The third kappa shape index (κ3) is 6.48. The first kappa shape index (κ1) is 28.9. The Kier molecular flexibility index (Phi) is 8.37. The Morgan fingerprint density at radius 3 is 2.53 bits per heavy atom. The summed E-state index contributed by atoms with van der Waals surface area (Å²) in [6, 6.07) is 17.6. The molecule has 0 aliphatic heterocycles. The Bertz CT molecular complexity index is 1870. The topological polar surface area (TPSA) is 159 Å². The van der Waals surface area contributed by atoms with Crippen molar-refractivity contribution in [1.29, 1.82) is 0 Å².